The van der Waals surface area contributed by atoms with Gasteiger partial charge in [0.15, 0.2) is 5.16 Å². The summed E-state index contributed by atoms with van der Waals surface area (Å²) in [7, 11) is 0. The molecule has 0 unspecified atom stereocenters. The largest absolute Gasteiger partial charge is 0.325 e. The summed E-state index contributed by atoms with van der Waals surface area (Å²) >= 11 is 2.67. The van der Waals surface area contributed by atoms with E-state index < -0.39 is 0 Å². The molecule has 2 aromatic carbocycles. The third-order valence-electron chi connectivity index (χ3n) is 5.51. The molecule has 0 bridgehead atoms. The van der Waals surface area contributed by atoms with E-state index in [1.165, 1.54) is 34.2 Å². The number of anilines is 1. The van der Waals surface area contributed by atoms with Crippen LogP contribution in [0.5, 0.6) is 0 Å². The van der Waals surface area contributed by atoms with Crippen molar-refractivity contribution < 1.29 is 4.79 Å². The van der Waals surface area contributed by atoms with Crippen molar-refractivity contribution in [3.8, 4) is 11.1 Å². The Morgan fingerprint density at radius 2 is 1.61 bits per heavy atom. The van der Waals surface area contributed by atoms with Gasteiger partial charge in [0.2, 0.25) is 5.91 Å². The molecule has 0 saturated carbocycles. The molecule has 4 aromatic rings. The predicted molar refractivity (Wildman–Crippen MR) is 140 cm³/mol. The highest BCUT2D eigenvalue weighted by atomic mass is 32.2. The normalized spacial score (nSPS) is 11.5. The summed E-state index contributed by atoms with van der Waals surface area (Å²) < 4.78 is 0. The van der Waals surface area contributed by atoms with Crippen molar-refractivity contribution in [2.45, 2.75) is 44.7 Å². The first-order chi connectivity index (χ1) is 15.8. The molecule has 0 atom stereocenters. The second-order valence-electron chi connectivity index (χ2n) is 8.59. The predicted octanol–water partition coefficient (Wildman–Crippen LogP) is 6.63. The lowest BCUT2D eigenvalue weighted by Crippen LogP contribution is -2.15. The van der Waals surface area contributed by atoms with E-state index in [2.05, 4.69) is 67.2 Å². The summed E-state index contributed by atoms with van der Waals surface area (Å²) in [6.07, 6.45) is 0. The average Bonchev–Trinajstić information content (AvgIpc) is 3.23. The smallest absolute Gasteiger partial charge is 0.260 e. The van der Waals surface area contributed by atoms with E-state index in [1.54, 1.807) is 0 Å². The zero-order chi connectivity index (χ0) is 23.5. The lowest BCUT2D eigenvalue weighted by atomic mass is 9.99. The third-order valence-corrected chi connectivity index (χ3v) is 7.26. The SMILES string of the molecule is CC(C)c1ccc(NC(=O)CSc2nc3scc(-c4ccc(C(C)C)cc4)c3c(=O)[nH]2)cc1. The Hall–Kier alpha value is -2.90. The number of nitrogens with one attached hydrogen (secondary N) is 2. The first-order valence-corrected chi connectivity index (χ1v) is 12.8. The van der Waals surface area contributed by atoms with Gasteiger partial charge in [-0.15, -0.1) is 11.3 Å². The van der Waals surface area contributed by atoms with Crippen LogP contribution in [-0.2, 0) is 4.79 Å². The van der Waals surface area contributed by atoms with Gasteiger partial charge in [-0.1, -0.05) is 75.9 Å². The fourth-order valence-electron chi connectivity index (χ4n) is 3.54. The van der Waals surface area contributed by atoms with Crippen LogP contribution in [0.25, 0.3) is 21.3 Å². The number of benzene rings is 2. The lowest BCUT2D eigenvalue weighted by molar-refractivity contribution is -0.113. The standard InChI is InChI=1S/C26H27N3O2S2/c1-15(2)17-5-7-19(8-6-17)21-13-32-25-23(21)24(31)28-26(29-25)33-14-22(30)27-20-11-9-18(10-12-20)16(3)4/h5-13,15-16H,14H2,1-4H3,(H,27,30)(H,28,29,31). The first-order valence-electron chi connectivity index (χ1n) is 11.0. The van der Waals surface area contributed by atoms with Gasteiger partial charge in [0.1, 0.15) is 4.83 Å². The molecular weight excluding hydrogens is 450 g/mol. The van der Waals surface area contributed by atoms with E-state index in [0.717, 1.165) is 16.8 Å². The van der Waals surface area contributed by atoms with E-state index in [4.69, 9.17) is 0 Å². The van der Waals surface area contributed by atoms with E-state index in [0.29, 0.717) is 27.2 Å². The van der Waals surface area contributed by atoms with Gasteiger partial charge in [0.25, 0.3) is 5.56 Å². The number of H-pyrrole nitrogens is 1. The molecule has 7 heteroatoms. The fraction of sp³-hybridized carbons (Fsp3) is 0.269. The molecule has 2 aromatic heterocycles. The molecule has 2 N–H and O–H groups in total. The van der Waals surface area contributed by atoms with Crippen LogP contribution in [0.1, 0.15) is 50.7 Å². The molecule has 5 nitrogen and oxygen atoms in total. The highest BCUT2D eigenvalue weighted by Crippen LogP contribution is 2.32. The Morgan fingerprint density at radius 3 is 2.21 bits per heavy atom. The molecule has 0 aliphatic carbocycles. The summed E-state index contributed by atoms with van der Waals surface area (Å²) in [5.41, 5.74) is 4.95. The number of fused-ring (bicyclic) bond motifs is 1. The number of thioether (sulfide) groups is 1. The van der Waals surface area contributed by atoms with Gasteiger partial charge in [-0.05, 0) is 40.7 Å². The van der Waals surface area contributed by atoms with E-state index >= 15 is 0 Å². The minimum atomic E-state index is -0.184. The van der Waals surface area contributed by atoms with E-state index in [-0.39, 0.29) is 17.2 Å². The fourth-order valence-corrected chi connectivity index (χ4v) is 5.21. The van der Waals surface area contributed by atoms with Crippen molar-refractivity contribution in [2.24, 2.45) is 0 Å². The summed E-state index contributed by atoms with van der Waals surface area (Å²) in [6, 6.07) is 16.2. The highest BCUT2D eigenvalue weighted by Gasteiger charge is 2.14. The Balaban J connectivity index is 1.46. The van der Waals surface area contributed by atoms with Gasteiger partial charge in [0.05, 0.1) is 11.1 Å². The monoisotopic (exact) mass is 477 g/mol. The molecule has 0 radical (unpaired) electrons. The summed E-state index contributed by atoms with van der Waals surface area (Å²) in [5.74, 6) is 0.923. The zero-order valence-corrected chi connectivity index (χ0v) is 20.8. The highest BCUT2D eigenvalue weighted by molar-refractivity contribution is 7.99. The molecule has 170 valence electrons. The van der Waals surface area contributed by atoms with E-state index in [1.807, 2.05) is 29.6 Å². The molecule has 0 spiro atoms. The summed E-state index contributed by atoms with van der Waals surface area (Å²) in [4.78, 5) is 33.3. The van der Waals surface area contributed by atoms with Gasteiger partial charge in [0, 0.05) is 16.6 Å². The van der Waals surface area contributed by atoms with Crippen LogP contribution in [0, 0.1) is 0 Å². The van der Waals surface area contributed by atoms with Crippen molar-refractivity contribution in [1.82, 2.24) is 9.97 Å². The number of hydrogen-bond acceptors (Lipinski definition) is 5. The number of carbonyl (C=O) groups is 1. The number of hydrogen-bond donors (Lipinski definition) is 2. The summed E-state index contributed by atoms with van der Waals surface area (Å²) in [6.45, 7) is 8.58. The summed E-state index contributed by atoms with van der Waals surface area (Å²) in [5, 5.41) is 5.90. The number of aromatic nitrogens is 2. The first kappa shape index (κ1) is 23.3. The number of carbonyl (C=O) groups excluding carboxylic acids is 1. The van der Waals surface area contributed by atoms with Gasteiger partial charge >= 0.3 is 0 Å². The topological polar surface area (TPSA) is 74.8 Å². The second kappa shape index (κ2) is 9.93. The van der Waals surface area contributed by atoms with Crippen molar-refractivity contribution in [2.75, 3.05) is 11.1 Å². The Bertz CT molecular complexity index is 1320. The van der Waals surface area contributed by atoms with Crippen LogP contribution in [0.3, 0.4) is 0 Å². The molecule has 0 saturated heterocycles. The van der Waals surface area contributed by atoms with Crippen LogP contribution >= 0.6 is 23.1 Å². The van der Waals surface area contributed by atoms with Gasteiger partial charge in [-0.2, -0.15) is 0 Å². The number of nitrogens with zero attached hydrogens (tertiary/aromatic N) is 1. The van der Waals surface area contributed by atoms with Crippen LogP contribution in [0.2, 0.25) is 0 Å². The Labute approximate surface area is 201 Å². The quantitative estimate of drug-likeness (QED) is 0.231. The maximum absolute atomic E-state index is 12.8. The maximum atomic E-state index is 12.8. The zero-order valence-electron chi connectivity index (χ0n) is 19.1. The molecule has 0 fully saturated rings. The third kappa shape index (κ3) is 5.37. The van der Waals surface area contributed by atoms with Crippen LogP contribution in [0.4, 0.5) is 5.69 Å². The van der Waals surface area contributed by atoms with Gasteiger partial charge in [-0.25, -0.2) is 4.98 Å². The number of rotatable bonds is 7. The molecule has 1 amide bonds. The minimum Gasteiger partial charge on any atom is -0.325 e. The molecule has 33 heavy (non-hydrogen) atoms. The van der Waals surface area contributed by atoms with E-state index in [9.17, 15) is 9.59 Å². The Kier molecular flexibility index (Phi) is 7.00. The van der Waals surface area contributed by atoms with Crippen molar-refractivity contribution in [3.05, 3.63) is 75.4 Å². The minimum absolute atomic E-state index is 0.142. The molecule has 0 aliphatic heterocycles. The average molecular weight is 478 g/mol. The Morgan fingerprint density at radius 1 is 1.00 bits per heavy atom. The molecule has 4 rings (SSSR count). The molecule has 2 heterocycles. The van der Waals surface area contributed by atoms with Crippen LogP contribution in [-0.4, -0.2) is 21.6 Å². The molecular formula is C26H27N3O2S2. The maximum Gasteiger partial charge on any atom is 0.260 e. The van der Waals surface area contributed by atoms with Crippen LogP contribution < -0.4 is 10.9 Å². The second-order valence-corrected chi connectivity index (χ2v) is 10.4. The van der Waals surface area contributed by atoms with Crippen LogP contribution in [0.15, 0.2) is 63.9 Å². The number of thiophene rings is 1. The number of aromatic amines is 1. The van der Waals surface area contributed by atoms with Crippen molar-refractivity contribution in [1.29, 1.82) is 0 Å². The van der Waals surface area contributed by atoms with Gasteiger partial charge < -0.3 is 10.3 Å². The molecule has 0 aliphatic rings. The van der Waals surface area contributed by atoms with Gasteiger partial charge in [-0.3, -0.25) is 9.59 Å². The number of amides is 1. The van der Waals surface area contributed by atoms with Crippen molar-refractivity contribution >= 4 is 44.9 Å². The lowest BCUT2D eigenvalue weighted by Gasteiger charge is -2.08. The van der Waals surface area contributed by atoms with Crippen molar-refractivity contribution in [3.63, 3.8) is 0 Å².